The van der Waals surface area contributed by atoms with Crippen LogP contribution < -0.4 is 10.1 Å². The molecule has 0 aliphatic carbocycles. The molecular formula is C16H21N3O4. The van der Waals surface area contributed by atoms with Gasteiger partial charge in [0.1, 0.15) is 11.8 Å². The largest absolute Gasteiger partial charge is 0.480 e. The van der Waals surface area contributed by atoms with Crippen molar-refractivity contribution in [1.82, 2.24) is 15.2 Å². The van der Waals surface area contributed by atoms with E-state index in [1.54, 1.807) is 12.1 Å². The van der Waals surface area contributed by atoms with E-state index in [-0.39, 0.29) is 0 Å². The van der Waals surface area contributed by atoms with Gasteiger partial charge in [-0.05, 0) is 45.1 Å². The van der Waals surface area contributed by atoms with Gasteiger partial charge in [-0.15, -0.1) is 0 Å². The lowest BCUT2D eigenvalue weighted by molar-refractivity contribution is -0.138. The number of likely N-dealkylation sites (N-methyl/N-ethyl adjacent to an activating group) is 1. The van der Waals surface area contributed by atoms with Crippen molar-refractivity contribution in [3.05, 3.63) is 30.0 Å². The lowest BCUT2D eigenvalue weighted by Gasteiger charge is -2.12. The molecule has 0 unspecified atom stereocenters. The highest BCUT2D eigenvalue weighted by Gasteiger charge is 2.17. The number of aromatic nitrogens is 1. The number of ether oxygens (including phenoxy) is 1. The number of amides is 1. The minimum absolute atomic E-state index is 0.410. The van der Waals surface area contributed by atoms with E-state index in [1.165, 1.54) is 6.92 Å². The number of nitrogens with one attached hydrogen (secondary N) is 2. The molecule has 23 heavy (non-hydrogen) atoms. The Labute approximate surface area is 134 Å². The van der Waals surface area contributed by atoms with E-state index < -0.39 is 18.1 Å². The molecule has 124 valence electrons. The molecule has 0 bridgehead atoms. The molecule has 0 aliphatic heterocycles. The molecule has 0 fully saturated rings. The number of carbonyl (C=O) groups is 2. The molecule has 1 heterocycles. The van der Waals surface area contributed by atoms with Crippen molar-refractivity contribution in [2.24, 2.45) is 0 Å². The summed E-state index contributed by atoms with van der Waals surface area (Å²) in [6.07, 6.45) is 1.92. The fraction of sp³-hybridized carbons (Fsp3) is 0.375. The van der Waals surface area contributed by atoms with Gasteiger partial charge in [-0.2, -0.15) is 0 Å². The second-order valence-corrected chi connectivity index (χ2v) is 5.64. The van der Waals surface area contributed by atoms with Crippen molar-refractivity contribution in [1.29, 1.82) is 0 Å². The van der Waals surface area contributed by atoms with Crippen LogP contribution >= 0.6 is 0 Å². The molecule has 0 aliphatic rings. The number of carbonyl (C=O) groups excluding carboxylic acids is 1. The molecule has 0 saturated carbocycles. The highest BCUT2D eigenvalue weighted by molar-refractivity contribution is 5.91. The number of carboxylic acids is 1. The van der Waals surface area contributed by atoms with Gasteiger partial charge in [-0.3, -0.25) is 4.79 Å². The first kappa shape index (κ1) is 16.8. The number of aromatic amines is 1. The Hall–Kier alpha value is -2.54. The van der Waals surface area contributed by atoms with Gasteiger partial charge in [0.15, 0.2) is 0 Å². The zero-order chi connectivity index (χ0) is 17.0. The van der Waals surface area contributed by atoms with E-state index in [9.17, 15) is 9.59 Å². The van der Waals surface area contributed by atoms with Gasteiger partial charge in [0.05, 0.1) is 0 Å². The Morgan fingerprint density at radius 1 is 1.39 bits per heavy atom. The average molecular weight is 319 g/mol. The number of rotatable bonds is 6. The monoisotopic (exact) mass is 319 g/mol. The Morgan fingerprint density at radius 3 is 2.78 bits per heavy atom. The summed E-state index contributed by atoms with van der Waals surface area (Å²) < 4.78 is 5.31. The van der Waals surface area contributed by atoms with Gasteiger partial charge in [-0.25, -0.2) is 4.79 Å². The number of benzene rings is 1. The zero-order valence-electron chi connectivity index (χ0n) is 13.4. The topological polar surface area (TPSA) is 94.7 Å². The molecule has 0 spiro atoms. The minimum atomic E-state index is -1.12. The van der Waals surface area contributed by atoms with Crippen molar-refractivity contribution < 1.29 is 19.4 Å². The van der Waals surface area contributed by atoms with E-state index in [1.807, 2.05) is 26.4 Å². The Morgan fingerprint density at radius 2 is 2.13 bits per heavy atom. The standard InChI is InChI=1S/C16H21N3O4/c1-10(15(20)21)18-16(22)23-13-6-4-5-12-14(13)11(9-17-12)7-8-19(2)3/h4-6,9-10,17H,7-8H2,1-3H3,(H,18,22)(H,20,21)/t10-/m0/s1. The molecule has 2 aromatic rings. The van der Waals surface area contributed by atoms with Crippen LogP contribution in [0.5, 0.6) is 5.75 Å². The Balaban J connectivity index is 2.21. The highest BCUT2D eigenvalue weighted by Crippen LogP contribution is 2.29. The fourth-order valence-electron chi connectivity index (χ4n) is 2.21. The second kappa shape index (κ2) is 7.15. The number of nitrogens with zero attached hydrogens (tertiary/aromatic N) is 1. The lowest BCUT2D eigenvalue weighted by Crippen LogP contribution is -2.39. The number of hydrogen-bond donors (Lipinski definition) is 3. The smallest absolute Gasteiger partial charge is 0.413 e. The molecule has 0 saturated heterocycles. The molecule has 1 aromatic heterocycles. The maximum Gasteiger partial charge on any atom is 0.413 e. The van der Waals surface area contributed by atoms with E-state index in [0.717, 1.165) is 29.4 Å². The molecule has 1 atom stereocenters. The van der Waals surface area contributed by atoms with Crippen molar-refractivity contribution in [3.8, 4) is 5.75 Å². The summed E-state index contributed by atoms with van der Waals surface area (Å²) >= 11 is 0. The van der Waals surface area contributed by atoms with Crippen molar-refractivity contribution in [3.63, 3.8) is 0 Å². The van der Waals surface area contributed by atoms with Crippen molar-refractivity contribution in [2.75, 3.05) is 20.6 Å². The fourth-order valence-corrected chi connectivity index (χ4v) is 2.21. The zero-order valence-corrected chi connectivity index (χ0v) is 13.4. The highest BCUT2D eigenvalue weighted by atomic mass is 16.6. The predicted molar refractivity (Wildman–Crippen MR) is 86.8 cm³/mol. The third-order valence-corrected chi connectivity index (χ3v) is 3.49. The number of fused-ring (bicyclic) bond motifs is 1. The van der Waals surface area contributed by atoms with Gasteiger partial charge in [0, 0.05) is 23.6 Å². The van der Waals surface area contributed by atoms with Crippen LogP contribution in [0.15, 0.2) is 24.4 Å². The second-order valence-electron chi connectivity index (χ2n) is 5.64. The maximum absolute atomic E-state index is 11.9. The maximum atomic E-state index is 11.9. The molecule has 2 rings (SSSR count). The van der Waals surface area contributed by atoms with Gasteiger partial charge in [0.25, 0.3) is 0 Å². The molecule has 0 radical (unpaired) electrons. The quantitative estimate of drug-likeness (QED) is 0.755. The van der Waals surface area contributed by atoms with E-state index in [4.69, 9.17) is 9.84 Å². The summed E-state index contributed by atoms with van der Waals surface area (Å²) in [6.45, 7) is 2.24. The first-order valence-electron chi connectivity index (χ1n) is 7.33. The first-order valence-corrected chi connectivity index (χ1v) is 7.33. The molecule has 1 amide bonds. The van der Waals surface area contributed by atoms with Gasteiger partial charge < -0.3 is 25.0 Å². The SMILES string of the molecule is C[C@H](NC(=O)Oc1cccc2[nH]cc(CCN(C)C)c12)C(=O)O. The number of hydrogen-bond acceptors (Lipinski definition) is 4. The van der Waals surface area contributed by atoms with E-state index >= 15 is 0 Å². The molecule has 3 N–H and O–H groups in total. The first-order chi connectivity index (χ1) is 10.9. The third-order valence-electron chi connectivity index (χ3n) is 3.49. The van der Waals surface area contributed by atoms with Crippen LogP contribution in [0, 0.1) is 0 Å². The summed E-state index contributed by atoms with van der Waals surface area (Å²) in [6, 6.07) is 4.36. The predicted octanol–water partition coefficient (Wildman–Crippen LogP) is 1.83. The third kappa shape index (κ3) is 4.23. The normalized spacial score (nSPS) is 12.3. The van der Waals surface area contributed by atoms with Crippen LogP contribution in [0.1, 0.15) is 12.5 Å². The minimum Gasteiger partial charge on any atom is -0.480 e. The van der Waals surface area contributed by atoms with Crippen LogP contribution in [0.25, 0.3) is 10.9 Å². The number of carboxylic acid groups (broad SMARTS) is 1. The lowest BCUT2D eigenvalue weighted by atomic mass is 10.1. The van der Waals surface area contributed by atoms with Gasteiger partial charge >= 0.3 is 12.1 Å². The van der Waals surface area contributed by atoms with Gasteiger partial charge in [-0.1, -0.05) is 6.07 Å². The summed E-state index contributed by atoms with van der Waals surface area (Å²) in [7, 11) is 3.99. The Kier molecular flexibility index (Phi) is 5.23. The van der Waals surface area contributed by atoms with Crippen LogP contribution in [0.3, 0.4) is 0 Å². The van der Waals surface area contributed by atoms with Crippen LogP contribution in [0.2, 0.25) is 0 Å². The average Bonchev–Trinajstić information content (AvgIpc) is 2.89. The molecule has 1 aromatic carbocycles. The number of aliphatic carboxylic acids is 1. The van der Waals surface area contributed by atoms with E-state index in [2.05, 4.69) is 15.2 Å². The summed E-state index contributed by atoms with van der Waals surface area (Å²) in [5.74, 6) is -0.707. The van der Waals surface area contributed by atoms with Crippen molar-refractivity contribution >= 4 is 23.0 Å². The molecular weight excluding hydrogens is 298 g/mol. The summed E-state index contributed by atoms with van der Waals surface area (Å²) in [5.41, 5.74) is 1.92. The summed E-state index contributed by atoms with van der Waals surface area (Å²) in [5, 5.41) is 11.9. The van der Waals surface area contributed by atoms with Gasteiger partial charge in [0.2, 0.25) is 0 Å². The van der Waals surface area contributed by atoms with Crippen LogP contribution in [-0.2, 0) is 11.2 Å². The van der Waals surface area contributed by atoms with E-state index in [0.29, 0.717) is 5.75 Å². The van der Waals surface area contributed by atoms with Crippen LogP contribution in [0.4, 0.5) is 4.79 Å². The molecule has 7 heteroatoms. The van der Waals surface area contributed by atoms with Crippen LogP contribution in [-0.4, -0.2) is 53.7 Å². The molecule has 7 nitrogen and oxygen atoms in total. The van der Waals surface area contributed by atoms with Crippen molar-refractivity contribution in [2.45, 2.75) is 19.4 Å². The number of H-pyrrole nitrogens is 1. The summed E-state index contributed by atoms with van der Waals surface area (Å²) in [4.78, 5) is 27.9. The Bertz CT molecular complexity index is 708.